The number of nitrogens with one attached hydrogen (secondary N) is 1. The summed E-state index contributed by atoms with van der Waals surface area (Å²) in [6.45, 7) is 6.72. The Morgan fingerprint density at radius 2 is 2.15 bits per heavy atom. The molecule has 0 radical (unpaired) electrons. The fourth-order valence-corrected chi connectivity index (χ4v) is 3.31. The van der Waals surface area contributed by atoms with Gasteiger partial charge in [-0.05, 0) is 54.3 Å². The van der Waals surface area contributed by atoms with Crippen LogP contribution in [0.3, 0.4) is 0 Å². The van der Waals surface area contributed by atoms with Crippen LogP contribution in [0.1, 0.15) is 37.6 Å². The number of thiophene rings is 1. The Balaban J connectivity index is 2.17. The third kappa shape index (κ3) is 3.38. The van der Waals surface area contributed by atoms with Crippen LogP contribution in [0, 0.1) is 5.92 Å². The lowest BCUT2D eigenvalue weighted by molar-refractivity contribution is 0.0898. The molecule has 20 heavy (non-hydrogen) atoms. The second-order valence-corrected chi connectivity index (χ2v) is 6.94. The molecule has 1 aromatic heterocycles. The van der Waals surface area contributed by atoms with Crippen LogP contribution in [0.15, 0.2) is 29.6 Å². The zero-order chi connectivity index (χ0) is 14.8. The molecule has 0 saturated carbocycles. The average Bonchev–Trinajstić information content (AvgIpc) is 2.84. The minimum absolute atomic E-state index is 0.0494. The summed E-state index contributed by atoms with van der Waals surface area (Å²) in [5.74, 6) is 0.440. The Labute approximate surface area is 124 Å². The van der Waals surface area contributed by atoms with Gasteiger partial charge in [-0.1, -0.05) is 13.8 Å². The van der Waals surface area contributed by atoms with E-state index in [-0.39, 0.29) is 11.4 Å². The predicted octanol–water partition coefficient (Wildman–Crippen LogP) is 3.39. The number of carbonyl (C=O) groups excluding carboxylic acids is 1. The lowest BCUT2D eigenvalue weighted by Crippen LogP contribution is -2.52. The molecule has 1 heterocycles. The van der Waals surface area contributed by atoms with Crippen molar-refractivity contribution in [2.75, 3.05) is 6.54 Å². The number of fused-ring (bicyclic) bond motifs is 1. The van der Waals surface area contributed by atoms with E-state index >= 15 is 0 Å². The summed E-state index contributed by atoms with van der Waals surface area (Å²) in [4.78, 5) is 12.4. The smallest absolute Gasteiger partial charge is 0.251 e. The van der Waals surface area contributed by atoms with Crippen LogP contribution in [-0.2, 0) is 0 Å². The van der Waals surface area contributed by atoms with E-state index in [1.165, 1.54) is 4.70 Å². The molecule has 3 N–H and O–H groups in total. The van der Waals surface area contributed by atoms with Gasteiger partial charge in [0.1, 0.15) is 0 Å². The van der Waals surface area contributed by atoms with Crippen molar-refractivity contribution in [1.82, 2.24) is 5.32 Å². The molecule has 1 amide bonds. The molecule has 4 heteroatoms. The van der Waals surface area contributed by atoms with Gasteiger partial charge < -0.3 is 11.1 Å². The highest BCUT2D eigenvalue weighted by molar-refractivity contribution is 7.17. The van der Waals surface area contributed by atoms with Crippen LogP contribution in [0.25, 0.3) is 10.1 Å². The second kappa shape index (κ2) is 5.94. The summed E-state index contributed by atoms with van der Waals surface area (Å²) in [5.41, 5.74) is 6.18. The maximum Gasteiger partial charge on any atom is 0.251 e. The minimum atomic E-state index is -0.352. The Hall–Kier alpha value is -1.39. The molecule has 2 rings (SSSR count). The first kappa shape index (κ1) is 15.0. The van der Waals surface area contributed by atoms with Gasteiger partial charge in [-0.3, -0.25) is 4.79 Å². The molecule has 0 bridgehead atoms. The number of benzene rings is 1. The number of carbonyl (C=O) groups is 1. The first-order chi connectivity index (χ1) is 9.43. The van der Waals surface area contributed by atoms with E-state index in [1.807, 2.05) is 36.6 Å². The van der Waals surface area contributed by atoms with Gasteiger partial charge in [-0.25, -0.2) is 0 Å². The van der Waals surface area contributed by atoms with E-state index in [4.69, 9.17) is 5.73 Å². The van der Waals surface area contributed by atoms with Crippen molar-refractivity contribution in [3.05, 3.63) is 35.2 Å². The Kier molecular flexibility index (Phi) is 4.45. The van der Waals surface area contributed by atoms with Crippen LogP contribution in [0.4, 0.5) is 0 Å². The normalized spacial score (nSPS) is 14.4. The van der Waals surface area contributed by atoms with Crippen molar-refractivity contribution in [3.63, 3.8) is 0 Å². The van der Waals surface area contributed by atoms with Gasteiger partial charge in [-0.15, -0.1) is 11.3 Å². The van der Waals surface area contributed by atoms with Crippen molar-refractivity contribution in [3.8, 4) is 0 Å². The summed E-state index contributed by atoms with van der Waals surface area (Å²) in [5, 5.41) is 6.24. The van der Waals surface area contributed by atoms with Gasteiger partial charge in [0, 0.05) is 22.3 Å². The molecule has 2 aromatic rings. The van der Waals surface area contributed by atoms with Crippen molar-refractivity contribution in [1.29, 1.82) is 0 Å². The molecule has 1 unspecified atom stereocenters. The first-order valence-electron chi connectivity index (χ1n) is 6.93. The third-order valence-corrected chi connectivity index (χ3v) is 4.34. The van der Waals surface area contributed by atoms with Gasteiger partial charge in [0.2, 0.25) is 0 Å². The molecule has 0 fully saturated rings. The highest BCUT2D eigenvalue weighted by Gasteiger charge is 2.26. The molecule has 0 saturated heterocycles. The van der Waals surface area contributed by atoms with E-state index in [0.29, 0.717) is 18.0 Å². The zero-order valence-electron chi connectivity index (χ0n) is 12.3. The lowest BCUT2D eigenvalue weighted by atomic mass is 9.90. The van der Waals surface area contributed by atoms with Gasteiger partial charge in [-0.2, -0.15) is 0 Å². The first-order valence-corrected chi connectivity index (χ1v) is 7.81. The van der Waals surface area contributed by atoms with Gasteiger partial charge in [0.25, 0.3) is 5.91 Å². The van der Waals surface area contributed by atoms with Crippen LogP contribution in [-0.4, -0.2) is 18.0 Å². The maximum absolute atomic E-state index is 12.4. The third-order valence-electron chi connectivity index (χ3n) is 3.44. The van der Waals surface area contributed by atoms with E-state index in [9.17, 15) is 4.79 Å². The highest BCUT2D eigenvalue weighted by atomic mass is 32.1. The molecule has 0 aliphatic heterocycles. The monoisotopic (exact) mass is 290 g/mol. The number of hydrogen-bond donors (Lipinski definition) is 2. The molecular weight excluding hydrogens is 268 g/mol. The van der Waals surface area contributed by atoms with E-state index in [0.717, 1.165) is 11.8 Å². The summed E-state index contributed by atoms with van der Waals surface area (Å²) in [7, 11) is 0. The molecule has 0 aliphatic rings. The number of hydrogen-bond acceptors (Lipinski definition) is 3. The zero-order valence-corrected chi connectivity index (χ0v) is 13.1. The SMILES string of the molecule is CC(C)CC(C)(CN)NC(=O)c1ccc2sccc2c1. The molecular formula is C16H22N2OS. The Morgan fingerprint density at radius 1 is 1.40 bits per heavy atom. The summed E-state index contributed by atoms with van der Waals surface area (Å²) < 4.78 is 1.20. The largest absolute Gasteiger partial charge is 0.346 e. The maximum atomic E-state index is 12.4. The standard InChI is InChI=1S/C16H22N2OS/c1-11(2)9-16(3,10-17)18-15(19)13-4-5-14-12(8-13)6-7-20-14/h4-8,11H,9-10,17H2,1-3H3,(H,18,19). The second-order valence-electron chi connectivity index (χ2n) is 5.99. The number of nitrogens with two attached hydrogens (primary N) is 1. The summed E-state index contributed by atoms with van der Waals surface area (Å²) in [6.07, 6.45) is 0.871. The number of rotatable bonds is 5. The van der Waals surface area contributed by atoms with Crippen LogP contribution < -0.4 is 11.1 Å². The van der Waals surface area contributed by atoms with Gasteiger partial charge >= 0.3 is 0 Å². The molecule has 1 aromatic carbocycles. The van der Waals surface area contributed by atoms with Crippen molar-refractivity contribution >= 4 is 27.3 Å². The molecule has 1 atom stereocenters. The summed E-state index contributed by atoms with van der Waals surface area (Å²) in [6, 6.07) is 7.85. The van der Waals surface area contributed by atoms with E-state index in [2.05, 4.69) is 19.2 Å². The minimum Gasteiger partial charge on any atom is -0.346 e. The van der Waals surface area contributed by atoms with Crippen molar-refractivity contribution in [2.45, 2.75) is 32.7 Å². The van der Waals surface area contributed by atoms with Gasteiger partial charge in [0.05, 0.1) is 0 Å². The van der Waals surface area contributed by atoms with E-state index < -0.39 is 0 Å². The van der Waals surface area contributed by atoms with Crippen LogP contribution >= 0.6 is 11.3 Å². The topological polar surface area (TPSA) is 55.1 Å². The Morgan fingerprint density at radius 3 is 2.80 bits per heavy atom. The quantitative estimate of drug-likeness (QED) is 0.886. The fraction of sp³-hybridized carbons (Fsp3) is 0.438. The van der Waals surface area contributed by atoms with Crippen LogP contribution in [0.2, 0.25) is 0 Å². The van der Waals surface area contributed by atoms with Crippen molar-refractivity contribution < 1.29 is 4.79 Å². The van der Waals surface area contributed by atoms with Crippen LogP contribution in [0.5, 0.6) is 0 Å². The molecule has 0 aliphatic carbocycles. The highest BCUT2D eigenvalue weighted by Crippen LogP contribution is 2.22. The van der Waals surface area contributed by atoms with Gasteiger partial charge in [0.15, 0.2) is 0 Å². The summed E-state index contributed by atoms with van der Waals surface area (Å²) >= 11 is 1.68. The van der Waals surface area contributed by atoms with Crippen molar-refractivity contribution in [2.24, 2.45) is 11.7 Å². The average molecular weight is 290 g/mol. The molecule has 0 spiro atoms. The lowest BCUT2D eigenvalue weighted by Gasteiger charge is -2.31. The molecule has 108 valence electrons. The predicted molar refractivity (Wildman–Crippen MR) is 86.2 cm³/mol. The molecule has 3 nitrogen and oxygen atoms in total. The van der Waals surface area contributed by atoms with E-state index in [1.54, 1.807) is 11.3 Å². The fourth-order valence-electron chi connectivity index (χ4n) is 2.54. The Bertz CT molecular complexity index is 605. The number of amides is 1.